The van der Waals surface area contributed by atoms with Crippen LogP contribution in [0.5, 0.6) is 5.75 Å². The van der Waals surface area contributed by atoms with E-state index in [-0.39, 0.29) is 5.91 Å². The molecule has 6 heteroatoms. The van der Waals surface area contributed by atoms with Crippen LogP contribution in [0.1, 0.15) is 13.3 Å². The van der Waals surface area contributed by atoms with Gasteiger partial charge in [-0.15, -0.1) is 23.2 Å². The predicted molar refractivity (Wildman–Crippen MR) is 77.1 cm³/mol. The van der Waals surface area contributed by atoms with Crippen LogP contribution in [0.4, 0.5) is 0 Å². The summed E-state index contributed by atoms with van der Waals surface area (Å²) in [5.41, 5.74) is -0.694. The van der Waals surface area contributed by atoms with Crippen molar-refractivity contribution in [3.63, 3.8) is 0 Å². The highest BCUT2D eigenvalue weighted by Crippen LogP contribution is 2.63. The number of amides is 1. The van der Waals surface area contributed by atoms with Crippen molar-refractivity contribution in [2.24, 2.45) is 5.41 Å². The van der Waals surface area contributed by atoms with Crippen molar-refractivity contribution < 1.29 is 9.53 Å². The Balaban J connectivity index is 1.74. The van der Waals surface area contributed by atoms with Crippen molar-refractivity contribution in [3.05, 3.63) is 29.3 Å². The van der Waals surface area contributed by atoms with Crippen molar-refractivity contribution in [1.29, 1.82) is 0 Å². The van der Waals surface area contributed by atoms with Crippen LogP contribution >= 0.6 is 34.8 Å². The van der Waals surface area contributed by atoms with E-state index in [9.17, 15) is 4.79 Å². The van der Waals surface area contributed by atoms with E-state index in [1.807, 2.05) is 12.1 Å². The molecule has 0 saturated heterocycles. The van der Waals surface area contributed by atoms with Crippen molar-refractivity contribution >= 4 is 40.7 Å². The lowest BCUT2D eigenvalue weighted by atomic mass is 10.1. The molecule has 0 aromatic heterocycles. The Labute approximate surface area is 127 Å². The summed E-state index contributed by atoms with van der Waals surface area (Å²) in [4.78, 5) is 11.9. The first-order valence-corrected chi connectivity index (χ1v) is 7.04. The number of hydrogen-bond donors (Lipinski definition) is 1. The molecule has 1 atom stereocenters. The Kier molecular flexibility index (Phi) is 4.19. The Morgan fingerprint density at radius 3 is 2.63 bits per heavy atom. The highest BCUT2D eigenvalue weighted by atomic mass is 35.5. The van der Waals surface area contributed by atoms with Gasteiger partial charge in [-0.05, 0) is 25.5 Å². The summed E-state index contributed by atoms with van der Waals surface area (Å²) in [5, 5.41) is 3.30. The number of carbonyl (C=O) groups is 1. The number of nitrogens with one attached hydrogen (secondary N) is 1. The summed E-state index contributed by atoms with van der Waals surface area (Å²) >= 11 is 17.8. The van der Waals surface area contributed by atoms with Crippen LogP contribution in [0.25, 0.3) is 0 Å². The second-order valence-corrected chi connectivity index (χ2v) is 6.64. The van der Waals surface area contributed by atoms with Gasteiger partial charge in [0, 0.05) is 0 Å². The van der Waals surface area contributed by atoms with E-state index in [1.165, 1.54) is 0 Å². The van der Waals surface area contributed by atoms with E-state index in [4.69, 9.17) is 39.5 Å². The second-order valence-electron chi connectivity index (χ2n) is 4.75. The summed E-state index contributed by atoms with van der Waals surface area (Å²) in [7, 11) is 0. The average Bonchev–Trinajstić information content (AvgIpc) is 2.87. The molecule has 1 aromatic rings. The minimum absolute atomic E-state index is 0.153. The van der Waals surface area contributed by atoms with Gasteiger partial charge >= 0.3 is 0 Å². The molecule has 0 heterocycles. The fourth-order valence-corrected chi connectivity index (χ4v) is 2.63. The molecular weight excluding hydrogens is 309 g/mol. The van der Waals surface area contributed by atoms with Crippen LogP contribution in [0.3, 0.4) is 0 Å². The molecule has 2 rings (SSSR count). The number of benzene rings is 1. The van der Waals surface area contributed by atoms with Crippen LogP contribution in [-0.4, -0.2) is 23.4 Å². The van der Waals surface area contributed by atoms with E-state index in [0.29, 0.717) is 30.3 Å². The molecule has 0 spiro atoms. The molecule has 0 radical (unpaired) electrons. The topological polar surface area (TPSA) is 38.3 Å². The largest absolute Gasteiger partial charge is 0.490 e. The maximum absolute atomic E-state index is 11.9. The first-order valence-electron chi connectivity index (χ1n) is 5.90. The molecule has 1 aliphatic carbocycles. The molecule has 0 bridgehead atoms. The van der Waals surface area contributed by atoms with Gasteiger partial charge in [-0.3, -0.25) is 4.79 Å². The standard InChI is InChI=1S/C13H14Cl3NO2/c1-12(8-13(12,15)16)11(18)17-6-7-19-10-5-3-2-4-9(10)14/h2-5H,6-8H2,1H3,(H,17,18)/t12-/m1/s1. The first kappa shape index (κ1) is 14.8. The molecule has 0 unspecified atom stereocenters. The molecular formula is C13H14Cl3NO2. The number of rotatable bonds is 5. The average molecular weight is 323 g/mol. The van der Waals surface area contributed by atoms with Gasteiger partial charge in [0.15, 0.2) is 0 Å². The van der Waals surface area contributed by atoms with Gasteiger partial charge in [-0.2, -0.15) is 0 Å². The molecule has 1 N–H and O–H groups in total. The third-order valence-corrected chi connectivity index (χ3v) is 4.65. The van der Waals surface area contributed by atoms with E-state index in [0.717, 1.165) is 0 Å². The van der Waals surface area contributed by atoms with Crippen LogP contribution in [0.15, 0.2) is 24.3 Å². The summed E-state index contributed by atoms with van der Waals surface area (Å²) in [6, 6.07) is 7.18. The predicted octanol–water partition coefficient (Wildman–Crippen LogP) is 3.42. The van der Waals surface area contributed by atoms with Gasteiger partial charge in [-0.25, -0.2) is 0 Å². The van der Waals surface area contributed by atoms with Gasteiger partial charge in [0.25, 0.3) is 0 Å². The second kappa shape index (κ2) is 5.39. The Morgan fingerprint density at radius 1 is 1.42 bits per heavy atom. The van der Waals surface area contributed by atoms with Crippen molar-refractivity contribution in [2.75, 3.05) is 13.2 Å². The minimum atomic E-state index is -0.944. The molecule has 0 aliphatic heterocycles. The fraction of sp³-hybridized carbons (Fsp3) is 0.462. The van der Waals surface area contributed by atoms with Gasteiger partial charge in [-0.1, -0.05) is 23.7 Å². The highest BCUT2D eigenvalue weighted by Gasteiger charge is 2.67. The number of carbonyl (C=O) groups excluding carboxylic acids is 1. The van der Waals surface area contributed by atoms with Gasteiger partial charge in [0.1, 0.15) is 16.7 Å². The van der Waals surface area contributed by atoms with E-state index < -0.39 is 9.75 Å². The monoisotopic (exact) mass is 321 g/mol. The third kappa shape index (κ3) is 3.10. The zero-order valence-corrected chi connectivity index (χ0v) is 12.6. The summed E-state index contributed by atoms with van der Waals surface area (Å²) in [6.45, 7) is 2.46. The molecule has 1 aliphatic rings. The van der Waals surface area contributed by atoms with Crippen molar-refractivity contribution in [3.8, 4) is 5.75 Å². The number of alkyl halides is 2. The molecule has 3 nitrogen and oxygen atoms in total. The normalized spacial score (nSPS) is 23.8. The smallest absolute Gasteiger partial charge is 0.229 e. The maximum Gasteiger partial charge on any atom is 0.229 e. The van der Waals surface area contributed by atoms with Crippen LogP contribution < -0.4 is 10.1 Å². The molecule has 1 amide bonds. The fourth-order valence-electron chi connectivity index (χ4n) is 1.73. The zero-order chi connectivity index (χ0) is 14.1. The first-order chi connectivity index (χ1) is 8.87. The lowest BCUT2D eigenvalue weighted by Gasteiger charge is -2.13. The van der Waals surface area contributed by atoms with Crippen LogP contribution in [0.2, 0.25) is 5.02 Å². The molecule has 1 saturated carbocycles. The van der Waals surface area contributed by atoms with E-state index in [1.54, 1.807) is 19.1 Å². The van der Waals surface area contributed by atoms with Crippen LogP contribution in [-0.2, 0) is 4.79 Å². The molecule has 104 valence electrons. The number of ether oxygens (including phenoxy) is 1. The Morgan fingerprint density at radius 2 is 2.05 bits per heavy atom. The van der Waals surface area contributed by atoms with Crippen LogP contribution in [0, 0.1) is 5.41 Å². The lowest BCUT2D eigenvalue weighted by molar-refractivity contribution is -0.125. The van der Waals surface area contributed by atoms with Gasteiger partial charge < -0.3 is 10.1 Å². The van der Waals surface area contributed by atoms with Gasteiger partial charge in [0.2, 0.25) is 5.91 Å². The minimum Gasteiger partial charge on any atom is -0.490 e. The number of para-hydroxylation sites is 1. The van der Waals surface area contributed by atoms with Gasteiger partial charge in [0.05, 0.1) is 17.0 Å². The number of hydrogen-bond acceptors (Lipinski definition) is 2. The summed E-state index contributed by atoms with van der Waals surface area (Å²) in [5.74, 6) is 0.445. The van der Waals surface area contributed by atoms with E-state index >= 15 is 0 Å². The quantitative estimate of drug-likeness (QED) is 0.666. The zero-order valence-electron chi connectivity index (χ0n) is 10.4. The van der Waals surface area contributed by atoms with Crippen molar-refractivity contribution in [2.45, 2.75) is 17.7 Å². The lowest BCUT2D eigenvalue weighted by Crippen LogP contribution is -2.35. The Hall–Kier alpha value is -0.640. The van der Waals surface area contributed by atoms with Crippen molar-refractivity contribution in [1.82, 2.24) is 5.32 Å². The maximum atomic E-state index is 11.9. The molecule has 19 heavy (non-hydrogen) atoms. The summed E-state index contributed by atoms with van der Waals surface area (Å²) in [6.07, 6.45) is 0.473. The highest BCUT2D eigenvalue weighted by molar-refractivity contribution is 6.53. The summed E-state index contributed by atoms with van der Waals surface area (Å²) < 4.78 is 4.52. The molecule has 1 fully saturated rings. The SMILES string of the molecule is C[C@]1(C(=O)NCCOc2ccccc2Cl)CC1(Cl)Cl. The Bertz CT molecular complexity index is 493. The van der Waals surface area contributed by atoms with E-state index in [2.05, 4.69) is 5.32 Å². The third-order valence-electron chi connectivity index (χ3n) is 3.24. The number of halogens is 3. The molecule has 1 aromatic carbocycles.